The van der Waals surface area contributed by atoms with Crippen molar-refractivity contribution in [3.63, 3.8) is 0 Å². The number of hydrogen-bond acceptors (Lipinski definition) is 8. The average Bonchev–Trinajstić information content (AvgIpc) is 2.60. The van der Waals surface area contributed by atoms with Crippen molar-refractivity contribution in [2.75, 3.05) is 6.61 Å². The zero-order chi connectivity index (χ0) is 20.0. The molecule has 0 unspecified atom stereocenters. The molecule has 0 saturated heterocycles. The Morgan fingerprint density at radius 2 is 1.96 bits per heavy atom. The Bertz CT molecular complexity index is 932. The zero-order valence-electron chi connectivity index (χ0n) is 13.4. The summed E-state index contributed by atoms with van der Waals surface area (Å²) in [7, 11) is 0. The average molecular weight is 439 g/mol. The van der Waals surface area contributed by atoms with Crippen LogP contribution in [0.25, 0.3) is 0 Å². The van der Waals surface area contributed by atoms with Crippen LogP contribution in [0.2, 0.25) is 0 Å². The zero-order valence-corrected chi connectivity index (χ0v) is 15.0. The van der Waals surface area contributed by atoms with Crippen molar-refractivity contribution in [2.24, 2.45) is 5.10 Å². The molecule has 2 aromatic carbocycles. The molecule has 12 heteroatoms. The van der Waals surface area contributed by atoms with Crippen molar-refractivity contribution in [3.05, 3.63) is 66.7 Å². The summed E-state index contributed by atoms with van der Waals surface area (Å²) in [6, 6.07) is 7.16. The van der Waals surface area contributed by atoms with Crippen LogP contribution in [0.3, 0.4) is 0 Å². The molecule has 0 atom stereocenters. The molecule has 0 aliphatic heterocycles. The van der Waals surface area contributed by atoms with E-state index in [1.54, 1.807) is 0 Å². The first-order chi connectivity index (χ1) is 12.8. The molecule has 0 saturated carbocycles. The summed E-state index contributed by atoms with van der Waals surface area (Å²) in [6.07, 6.45) is 1.01. The first-order valence-electron chi connectivity index (χ1n) is 7.14. The number of benzene rings is 2. The maximum absolute atomic E-state index is 11.7. The predicted octanol–water partition coefficient (Wildman–Crippen LogP) is 2.50. The van der Waals surface area contributed by atoms with E-state index in [-0.39, 0.29) is 28.4 Å². The third-order valence-electron chi connectivity index (χ3n) is 3.09. The molecule has 0 heterocycles. The number of hydrogen-bond donors (Lipinski definition) is 2. The first kappa shape index (κ1) is 19.8. The van der Waals surface area contributed by atoms with Crippen LogP contribution in [-0.2, 0) is 4.79 Å². The second-order valence-electron chi connectivity index (χ2n) is 4.95. The topological polar surface area (TPSA) is 157 Å². The van der Waals surface area contributed by atoms with Gasteiger partial charge >= 0.3 is 0 Å². The van der Waals surface area contributed by atoms with Gasteiger partial charge in [-0.15, -0.1) is 0 Å². The molecule has 2 aromatic rings. The normalized spacial score (nSPS) is 10.6. The van der Waals surface area contributed by atoms with E-state index in [0.717, 1.165) is 24.4 Å². The molecule has 2 N–H and O–H groups in total. The molecule has 1 amide bonds. The molecule has 140 valence electrons. The lowest BCUT2D eigenvalue weighted by atomic mass is 10.2. The second-order valence-corrected chi connectivity index (χ2v) is 5.81. The van der Waals surface area contributed by atoms with Gasteiger partial charge in [-0.05, 0) is 34.1 Å². The fourth-order valence-corrected chi connectivity index (χ4v) is 2.36. The summed E-state index contributed by atoms with van der Waals surface area (Å²) >= 11 is 3.10. The highest BCUT2D eigenvalue weighted by atomic mass is 79.9. The van der Waals surface area contributed by atoms with Crippen molar-refractivity contribution < 1.29 is 24.5 Å². The third-order valence-corrected chi connectivity index (χ3v) is 3.71. The van der Waals surface area contributed by atoms with E-state index in [1.165, 1.54) is 18.2 Å². The van der Waals surface area contributed by atoms with Crippen LogP contribution in [0.15, 0.2) is 46.0 Å². The summed E-state index contributed by atoms with van der Waals surface area (Å²) in [4.78, 5) is 32.0. The lowest BCUT2D eigenvalue weighted by Crippen LogP contribution is -2.24. The number of ether oxygens (including phenoxy) is 1. The molecule has 2 rings (SSSR count). The van der Waals surface area contributed by atoms with Crippen LogP contribution in [-0.4, -0.2) is 33.7 Å². The van der Waals surface area contributed by atoms with E-state index >= 15 is 0 Å². The minimum Gasteiger partial charge on any atom is -0.508 e. The van der Waals surface area contributed by atoms with Gasteiger partial charge in [0.15, 0.2) is 6.61 Å². The Kier molecular flexibility index (Phi) is 6.38. The SMILES string of the molecule is O=C(COc1ccc([N+](=O)[O-])cc1Br)NN=Cc1cc(O)ccc1[N+](=O)[O-]. The van der Waals surface area contributed by atoms with Crippen molar-refractivity contribution >= 4 is 39.4 Å². The highest BCUT2D eigenvalue weighted by molar-refractivity contribution is 9.10. The largest absolute Gasteiger partial charge is 0.508 e. The number of halogens is 1. The summed E-state index contributed by atoms with van der Waals surface area (Å²) in [5.74, 6) is -0.651. The molecular formula is C15H11BrN4O7. The fourth-order valence-electron chi connectivity index (χ4n) is 1.88. The van der Waals surface area contributed by atoms with Gasteiger partial charge in [0, 0.05) is 18.2 Å². The van der Waals surface area contributed by atoms with Crippen LogP contribution < -0.4 is 10.2 Å². The van der Waals surface area contributed by atoms with Crippen LogP contribution >= 0.6 is 15.9 Å². The van der Waals surface area contributed by atoms with Gasteiger partial charge < -0.3 is 9.84 Å². The van der Waals surface area contributed by atoms with Crippen LogP contribution in [0.4, 0.5) is 11.4 Å². The monoisotopic (exact) mass is 438 g/mol. The number of carbonyl (C=O) groups excluding carboxylic acids is 1. The quantitative estimate of drug-likeness (QED) is 0.381. The molecule has 0 aliphatic rings. The minimum atomic E-state index is -0.667. The molecule has 11 nitrogen and oxygen atoms in total. The molecule has 0 aliphatic carbocycles. The van der Waals surface area contributed by atoms with E-state index in [1.807, 2.05) is 0 Å². The maximum Gasteiger partial charge on any atom is 0.278 e. The van der Waals surface area contributed by atoms with Crippen molar-refractivity contribution in [2.45, 2.75) is 0 Å². The van der Waals surface area contributed by atoms with E-state index in [9.17, 15) is 30.1 Å². The van der Waals surface area contributed by atoms with Gasteiger partial charge in [-0.3, -0.25) is 25.0 Å². The van der Waals surface area contributed by atoms with E-state index in [0.29, 0.717) is 4.47 Å². The number of nitrogens with zero attached hydrogens (tertiary/aromatic N) is 3. The summed E-state index contributed by atoms with van der Waals surface area (Å²) < 4.78 is 5.51. The van der Waals surface area contributed by atoms with Crippen LogP contribution in [0.5, 0.6) is 11.5 Å². The summed E-state index contributed by atoms with van der Waals surface area (Å²) in [5.41, 5.74) is 1.68. The van der Waals surface area contributed by atoms with Crippen LogP contribution in [0, 0.1) is 20.2 Å². The number of non-ortho nitro benzene ring substituents is 1. The number of nitro groups is 2. The van der Waals surface area contributed by atoms with Gasteiger partial charge in [0.2, 0.25) is 0 Å². The van der Waals surface area contributed by atoms with Gasteiger partial charge in [0.05, 0.1) is 26.1 Å². The molecule has 0 fully saturated rings. The number of phenolic OH excluding ortho intramolecular Hbond substituents is 1. The van der Waals surface area contributed by atoms with Gasteiger partial charge in [0.25, 0.3) is 17.3 Å². The number of rotatable bonds is 7. The van der Waals surface area contributed by atoms with E-state index < -0.39 is 22.4 Å². The Morgan fingerprint density at radius 3 is 2.59 bits per heavy atom. The Hall–Kier alpha value is -3.54. The number of phenols is 1. The fraction of sp³-hybridized carbons (Fsp3) is 0.0667. The van der Waals surface area contributed by atoms with E-state index in [2.05, 4.69) is 26.5 Å². The summed E-state index contributed by atoms with van der Waals surface area (Å²) in [6.45, 7) is -0.449. The lowest BCUT2D eigenvalue weighted by molar-refractivity contribution is -0.385. The first-order valence-corrected chi connectivity index (χ1v) is 7.93. The smallest absolute Gasteiger partial charge is 0.278 e. The summed E-state index contributed by atoms with van der Waals surface area (Å²) in [5, 5.41) is 34.5. The minimum absolute atomic E-state index is 0.000619. The lowest BCUT2D eigenvalue weighted by Gasteiger charge is -2.06. The van der Waals surface area contributed by atoms with Crippen molar-refractivity contribution in [1.29, 1.82) is 0 Å². The molecule has 27 heavy (non-hydrogen) atoms. The van der Waals surface area contributed by atoms with Gasteiger partial charge in [-0.1, -0.05) is 0 Å². The second kappa shape index (κ2) is 8.71. The molecule has 0 aromatic heterocycles. The van der Waals surface area contributed by atoms with E-state index in [4.69, 9.17) is 4.74 Å². The van der Waals surface area contributed by atoms with Crippen LogP contribution in [0.1, 0.15) is 5.56 Å². The number of amides is 1. The molecule has 0 bridgehead atoms. The highest BCUT2D eigenvalue weighted by Crippen LogP contribution is 2.29. The molecule has 0 radical (unpaired) electrons. The highest BCUT2D eigenvalue weighted by Gasteiger charge is 2.13. The number of aromatic hydroxyl groups is 1. The third kappa shape index (κ3) is 5.47. The molecule has 0 spiro atoms. The van der Waals surface area contributed by atoms with Gasteiger partial charge in [0.1, 0.15) is 11.5 Å². The van der Waals surface area contributed by atoms with Gasteiger partial charge in [-0.2, -0.15) is 5.10 Å². The number of nitro benzene ring substituents is 2. The Morgan fingerprint density at radius 1 is 1.22 bits per heavy atom. The number of nitrogens with one attached hydrogen (secondary N) is 1. The maximum atomic E-state index is 11.7. The number of carbonyl (C=O) groups is 1. The number of hydrazone groups is 1. The molecular weight excluding hydrogens is 428 g/mol. The standard InChI is InChI=1S/C15H11BrN4O7/c16-12-6-10(19(23)24)1-4-14(12)27-8-15(22)18-17-7-9-5-11(21)2-3-13(9)20(25)26/h1-7,21H,8H2,(H,18,22). The predicted molar refractivity (Wildman–Crippen MR) is 96.8 cm³/mol. The van der Waals surface area contributed by atoms with Crippen molar-refractivity contribution in [3.8, 4) is 11.5 Å². The Labute approximate surface area is 159 Å². The Balaban J connectivity index is 1.95. The van der Waals surface area contributed by atoms with Crippen molar-refractivity contribution in [1.82, 2.24) is 5.43 Å². The van der Waals surface area contributed by atoms with Gasteiger partial charge in [-0.25, -0.2) is 5.43 Å².